The van der Waals surface area contributed by atoms with Gasteiger partial charge in [-0.15, -0.1) is 0 Å². The first-order valence-electron chi connectivity index (χ1n) is 12.0. The Hall–Kier alpha value is -2.68. The summed E-state index contributed by atoms with van der Waals surface area (Å²) in [7, 11) is 0. The van der Waals surface area contributed by atoms with Crippen LogP contribution in [0.15, 0.2) is 72.0 Å². The van der Waals surface area contributed by atoms with Gasteiger partial charge in [0.1, 0.15) is 11.5 Å². The molecule has 2 nitrogen and oxygen atoms in total. The fraction of sp³-hybridized carbons (Fsp3) is 0.414. The van der Waals surface area contributed by atoms with E-state index in [4.69, 9.17) is 0 Å². The van der Waals surface area contributed by atoms with Crippen molar-refractivity contribution in [3.05, 3.63) is 89.2 Å². The Morgan fingerprint density at radius 2 is 2.12 bits per heavy atom. The van der Waals surface area contributed by atoms with E-state index >= 15 is 0 Å². The molecule has 0 spiro atoms. The van der Waals surface area contributed by atoms with Gasteiger partial charge in [-0.25, -0.2) is 9.37 Å². The second-order valence-electron chi connectivity index (χ2n) is 8.82. The first-order valence-corrected chi connectivity index (χ1v) is 12.0. The Morgan fingerprint density at radius 3 is 2.88 bits per heavy atom. The van der Waals surface area contributed by atoms with Crippen molar-refractivity contribution in [2.75, 3.05) is 0 Å². The van der Waals surface area contributed by atoms with Crippen LogP contribution in [0.2, 0.25) is 0 Å². The van der Waals surface area contributed by atoms with Crippen LogP contribution in [-0.4, -0.2) is 11.0 Å². The van der Waals surface area contributed by atoms with E-state index in [1.165, 1.54) is 43.0 Å². The maximum atomic E-state index is 14.3. The molecule has 0 amide bonds. The van der Waals surface area contributed by atoms with Gasteiger partial charge in [0, 0.05) is 11.7 Å². The van der Waals surface area contributed by atoms with E-state index in [1.54, 1.807) is 17.7 Å². The molecule has 0 fully saturated rings. The lowest BCUT2D eigenvalue weighted by atomic mass is 9.89. The lowest BCUT2D eigenvalue weighted by Crippen LogP contribution is -2.29. The molecular weight excluding hydrogens is 395 g/mol. The van der Waals surface area contributed by atoms with Crippen molar-refractivity contribution in [2.45, 2.75) is 77.7 Å². The van der Waals surface area contributed by atoms with Crippen LogP contribution in [0.3, 0.4) is 0 Å². The summed E-state index contributed by atoms with van der Waals surface area (Å²) in [6.45, 7) is 8.16. The lowest BCUT2D eigenvalue weighted by molar-refractivity contribution is 0.504. The molecule has 0 bridgehead atoms. The maximum Gasteiger partial charge on any atom is 0.149 e. The lowest BCUT2D eigenvalue weighted by Gasteiger charge is -2.25. The molecule has 32 heavy (non-hydrogen) atoms. The topological polar surface area (TPSA) is 24.9 Å². The van der Waals surface area contributed by atoms with Crippen LogP contribution in [0, 0.1) is 5.82 Å². The summed E-state index contributed by atoms with van der Waals surface area (Å²) >= 11 is 0. The van der Waals surface area contributed by atoms with Crippen molar-refractivity contribution in [3.8, 4) is 0 Å². The molecule has 0 aliphatic heterocycles. The van der Waals surface area contributed by atoms with Gasteiger partial charge >= 0.3 is 0 Å². The van der Waals surface area contributed by atoms with E-state index in [0.717, 1.165) is 37.7 Å². The van der Waals surface area contributed by atoms with Gasteiger partial charge in [-0.2, -0.15) is 0 Å². The number of unbranched alkanes of at least 4 members (excludes halogenated alkanes) is 2. The van der Waals surface area contributed by atoms with Crippen LogP contribution >= 0.6 is 0 Å². The minimum Gasteiger partial charge on any atom is -0.386 e. The molecule has 170 valence electrons. The summed E-state index contributed by atoms with van der Waals surface area (Å²) in [6.07, 6.45) is 24.8. The smallest absolute Gasteiger partial charge is 0.149 e. The Balaban J connectivity index is 1.56. The van der Waals surface area contributed by atoms with Crippen LogP contribution < -0.4 is 5.32 Å². The third kappa shape index (κ3) is 7.19. The highest BCUT2D eigenvalue weighted by Gasteiger charge is 2.15. The quantitative estimate of drug-likeness (QED) is 0.315. The van der Waals surface area contributed by atoms with Crippen LogP contribution in [-0.2, 0) is 0 Å². The first-order chi connectivity index (χ1) is 15.6. The molecule has 3 rings (SSSR count). The summed E-state index contributed by atoms with van der Waals surface area (Å²) in [5, 5.41) is 3.69. The van der Waals surface area contributed by atoms with Gasteiger partial charge in [-0.1, -0.05) is 73.9 Å². The van der Waals surface area contributed by atoms with Crippen LogP contribution in [0.5, 0.6) is 0 Å². The molecule has 1 heterocycles. The van der Waals surface area contributed by atoms with Crippen molar-refractivity contribution in [2.24, 2.45) is 0 Å². The molecule has 0 radical (unpaired) electrons. The number of halogens is 1. The highest BCUT2D eigenvalue weighted by Crippen LogP contribution is 2.28. The number of nitrogens with zero attached hydrogens (tertiary/aromatic N) is 1. The molecule has 1 aromatic rings. The van der Waals surface area contributed by atoms with Gasteiger partial charge < -0.3 is 5.32 Å². The number of hydrogen-bond acceptors (Lipinski definition) is 2. The average Bonchev–Trinajstić information content (AvgIpc) is 2.77. The van der Waals surface area contributed by atoms with Gasteiger partial charge in [-0.3, -0.25) is 0 Å². The standard InChI is InChI=1S/C29H37FN2/c1-4-6-7-10-22(3)31-27-17-15-24(16-18-27)21-23-11-8-13-25(14-9-12-23)29-28(30)20-19-26(5-2)32-29/h5,8,10,12-15,19-20,27,31H,2,4,6-7,9,11,16-18,21H2,1,3H3/b13-8?,22-10-,23-12+,25-14?. The van der Waals surface area contributed by atoms with Gasteiger partial charge in [-0.05, 0) is 75.7 Å². The number of allylic oxidation sites excluding steroid dienone is 9. The minimum absolute atomic E-state index is 0.290. The van der Waals surface area contributed by atoms with E-state index in [0.29, 0.717) is 17.4 Å². The molecule has 0 saturated heterocycles. The summed E-state index contributed by atoms with van der Waals surface area (Å²) in [5.41, 5.74) is 6.25. The number of aromatic nitrogens is 1. The third-order valence-electron chi connectivity index (χ3n) is 6.17. The molecular formula is C29H37FN2. The maximum absolute atomic E-state index is 14.3. The van der Waals surface area contributed by atoms with Crippen molar-refractivity contribution in [1.29, 1.82) is 0 Å². The molecule has 1 unspecified atom stereocenters. The molecule has 0 aromatic carbocycles. The number of nitrogens with one attached hydrogen (secondary N) is 1. The molecule has 3 heteroatoms. The van der Waals surface area contributed by atoms with Gasteiger partial charge in [0.15, 0.2) is 0 Å². The Kier molecular flexibility index (Phi) is 9.27. The SMILES string of the molecule is C=Cc1ccc(F)c(C2=CC/C=C(/CC3=CCC(N/C(C)=C\CCCC)CC3)CC=C2)n1. The van der Waals surface area contributed by atoms with Crippen LogP contribution in [0.1, 0.15) is 83.0 Å². The molecule has 2 aliphatic carbocycles. The number of pyridine rings is 1. The van der Waals surface area contributed by atoms with Crippen molar-refractivity contribution >= 4 is 11.6 Å². The second-order valence-corrected chi connectivity index (χ2v) is 8.82. The summed E-state index contributed by atoms with van der Waals surface area (Å²) in [5.74, 6) is -0.290. The van der Waals surface area contributed by atoms with E-state index < -0.39 is 0 Å². The monoisotopic (exact) mass is 432 g/mol. The van der Waals surface area contributed by atoms with E-state index in [9.17, 15) is 4.39 Å². The minimum atomic E-state index is -0.290. The van der Waals surface area contributed by atoms with E-state index in [-0.39, 0.29) is 5.82 Å². The number of rotatable bonds is 9. The van der Waals surface area contributed by atoms with Crippen LogP contribution in [0.25, 0.3) is 11.6 Å². The largest absolute Gasteiger partial charge is 0.386 e. The summed E-state index contributed by atoms with van der Waals surface area (Å²) < 4.78 is 14.3. The Labute approximate surface area is 193 Å². The second kappa shape index (κ2) is 12.4. The highest BCUT2D eigenvalue weighted by atomic mass is 19.1. The Bertz CT molecular complexity index is 946. The predicted molar refractivity (Wildman–Crippen MR) is 135 cm³/mol. The van der Waals surface area contributed by atoms with Crippen molar-refractivity contribution in [1.82, 2.24) is 10.3 Å². The molecule has 1 aromatic heterocycles. The van der Waals surface area contributed by atoms with E-state index in [1.807, 2.05) is 6.08 Å². The summed E-state index contributed by atoms with van der Waals surface area (Å²) in [4.78, 5) is 4.40. The Morgan fingerprint density at radius 1 is 1.25 bits per heavy atom. The predicted octanol–water partition coefficient (Wildman–Crippen LogP) is 8.08. The first kappa shape index (κ1) is 24.0. The van der Waals surface area contributed by atoms with E-state index in [2.05, 4.69) is 61.1 Å². The summed E-state index contributed by atoms with van der Waals surface area (Å²) in [6, 6.07) is 3.68. The highest BCUT2D eigenvalue weighted by molar-refractivity contribution is 5.73. The zero-order valence-electron chi connectivity index (χ0n) is 19.7. The fourth-order valence-electron chi connectivity index (χ4n) is 4.31. The zero-order chi connectivity index (χ0) is 22.8. The van der Waals surface area contributed by atoms with Crippen LogP contribution in [0.4, 0.5) is 4.39 Å². The fourth-order valence-corrected chi connectivity index (χ4v) is 4.31. The van der Waals surface area contributed by atoms with Crippen molar-refractivity contribution in [3.63, 3.8) is 0 Å². The number of hydrogen-bond donors (Lipinski definition) is 1. The molecule has 0 saturated carbocycles. The average molecular weight is 433 g/mol. The van der Waals surface area contributed by atoms with Crippen molar-refractivity contribution < 1.29 is 4.39 Å². The van der Waals surface area contributed by atoms with Gasteiger partial charge in [0.05, 0.1) is 5.69 Å². The van der Waals surface area contributed by atoms with Gasteiger partial charge in [0.2, 0.25) is 0 Å². The molecule has 2 aliphatic rings. The zero-order valence-corrected chi connectivity index (χ0v) is 19.7. The third-order valence-corrected chi connectivity index (χ3v) is 6.17. The molecule has 1 atom stereocenters. The normalized spacial score (nSPS) is 21.0. The van der Waals surface area contributed by atoms with Gasteiger partial charge in [0.25, 0.3) is 0 Å². The molecule has 1 N–H and O–H groups in total.